The van der Waals surface area contributed by atoms with Gasteiger partial charge >= 0.3 is 0 Å². The van der Waals surface area contributed by atoms with Gasteiger partial charge in [-0.2, -0.15) is 0 Å². The molecule has 1 aromatic heterocycles. The highest BCUT2D eigenvalue weighted by Crippen LogP contribution is 2.15. The molecule has 0 aliphatic carbocycles. The number of aromatic nitrogens is 1. The third-order valence-corrected chi connectivity index (χ3v) is 4.13. The molecule has 1 aromatic carbocycles. The van der Waals surface area contributed by atoms with Crippen LogP contribution in [0.3, 0.4) is 0 Å². The molecule has 1 atom stereocenters. The predicted molar refractivity (Wildman–Crippen MR) is 95.9 cm³/mol. The Morgan fingerprint density at radius 1 is 1.42 bits per heavy atom. The number of aliphatic hydroxyl groups is 1. The SMILES string of the molecule is CC(C)(O)CN1CC[C@H](NC(=O)c2cc(COc3ccccc3)on2)C1. The van der Waals surface area contributed by atoms with Crippen LogP contribution < -0.4 is 10.1 Å². The predicted octanol–water partition coefficient (Wildman–Crippen LogP) is 1.83. The minimum atomic E-state index is -0.737. The summed E-state index contributed by atoms with van der Waals surface area (Å²) in [6, 6.07) is 11.0. The van der Waals surface area contributed by atoms with Gasteiger partial charge in [-0.25, -0.2) is 0 Å². The molecule has 1 aliphatic heterocycles. The lowest BCUT2D eigenvalue weighted by molar-refractivity contribution is 0.0433. The van der Waals surface area contributed by atoms with Gasteiger partial charge in [0.05, 0.1) is 5.60 Å². The van der Waals surface area contributed by atoms with Crippen LogP contribution in [-0.4, -0.2) is 52.3 Å². The summed E-state index contributed by atoms with van der Waals surface area (Å²) in [4.78, 5) is 14.5. The largest absolute Gasteiger partial charge is 0.486 e. The van der Waals surface area contributed by atoms with Crippen LogP contribution in [0.4, 0.5) is 0 Å². The molecular formula is C19H25N3O4. The number of hydrogen-bond acceptors (Lipinski definition) is 6. The minimum Gasteiger partial charge on any atom is -0.486 e. The van der Waals surface area contributed by atoms with E-state index in [2.05, 4.69) is 15.4 Å². The van der Waals surface area contributed by atoms with Gasteiger partial charge in [0.15, 0.2) is 11.5 Å². The van der Waals surface area contributed by atoms with Gasteiger partial charge in [-0.3, -0.25) is 9.69 Å². The first-order chi connectivity index (χ1) is 12.4. The van der Waals surface area contributed by atoms with Crippen molar-refractivity contribution in [2.75, 3.05) is 19.6 Å². The molecule has 0 bridgehead atoms. The Balaban J connectivity index is 1.48. The summed E-state index contributed by atoms with van der Waals surface area (Å²) >= 11 is 0. The molecule has 2 aromatic rings. The zero-order valence-electron chi connectivity index (χ0n) is 15.1. The van der Waals surface area contributed by atoms with Crippen molar-refractivity contribution in [2.45, 2.75) is 38.5 Å². The fraction of sp³-hybridized carbons (Fsp3) is 0.474. The van der Waals surface area contributed by atoms with Crippen LogP contribution >= 0.6 is 0 Å². The summed E-state index contributed by atoms with van der Waals surface area (Å²) in [5.41, 5.74) is -0.490. The zero-order chi connectivity index (χ0) is 18.6. The number of ether oxygens (including phenoxy) is 1. The minimum absolute atomic E-state index is 0.0468. The summed E-state index contributed by atoms with van der Waals surface area (Å²) in [5.74, 6) is 0.969. The second-order valence-electron chi connectivity index (χ2n) is 7.29. The number of benzene rings is 1. The van der Waals surface area contributed by atoms with Crippen molar-refractivity contribution in [1.82, 2.24) is 15.4 Å². The molecule has 0 radical (unpaired) electrons. The molecule has 1 amide bonds. The topological polar surface area (TPSA) is 87.8 Å². The number of carbonyl (C=O) groups is 1. The van der Waals surface area contributed by atoms with Crippen molar-refractivity contribution >= 4 is 5.91 Å². The Morgan fingerprint density at radius 2 is 2.19 bits per heavy atom. The average Bonchev–Trinajstić information content (AvgIpc) is 3.22. The van der Waals surface area contributed by atoms with Crippen LogP contribution in [0, 0.1) is 0 Å². The highest BCUT2D eigenvalue weighted by atomic mass is 16.5. The second-order valence-corrected chi connectivity index (χ2v) is 7.29. The van der Waals surface area contributed by atoms with Gasteiger partial charge in [0, 0.05) is 31.7 Å². The molecule has 1 fully saturated rings. The molecule has 7 heteroatoms. The van der Waals surface area contributed by atoms with Crippen molar-refractivity contribution < 1.29 is 19.2 Å². The average molecular weight is 359 g/mol. The molecular weight excluding hydrogens is 334 g/mol. The van der Waals surface area contributed by atoms with Gasteiger partial charge < -0.3 is 19.7 Å². The Labute approximate surface area is 152 Å². The van der Waals surface area contributed by atoms with E-state index in [4.69, 9.17) is 9.26 Å². The van der Waals surface area contributed by atoms with Crippen LogP contribution in [-0.2, 0) is 6.61 Å². The molecule has 2 heterocycles. The number of nitrogens with one attached hydrogen (secondary N) is 1. The van der Waals surface area contributed by atoms with Crippen LogP contribution in [0.15, 0.2) is 40.9 Å². The van der Waals surface area contributed by atoms with Gasteiger partial charge in [0.25, 0.3) is 5.91 Å². The van der Waals surface area contributed by atoms with Crippen LogP contribution in [0.5, 0.6) is 5.75 Å². The van der Waals surface area contributed by atoms with E-state index in [-0.39, 0.29) is 24.2 Å². The van der Waals surface area contributed by atoms with Gasteiger partial charge in [0.1, 0.15) is 12.4 Å². The maximum Gasteiger partial charge on any atom is 0.273 e. The smallest absolute Gasteiger partial charge is 0.273 e. The van der Waals surface area contributed by atoms with E-state index < -0.39 is 5.60 Å². The molecule has 0 saturated carbocycles. The van der Waals surface area contributed by atoms with E-state index in [1.54, 1.807) is 19.9 Å². The molecule has 140 valence electrons. The van der Waals surface area contributed by atoms with Gasteiger partial charge in [-0.15, -0.1) is 0 Å². The Morgan fingerprint density at radius 3 is 2.92 bits per heavy atom. The Bertz CT molecular complexity index is 724. The number of β-amino-alcohol motifs (C(OH)–C–C–N with tert-alkyl or cyclic N) is 1. The van der Waals surface area contributed by atoms with Crippen LogP contribution in [0.25, 0.3) is 0 Å². The fourth-order valence-corrected chi connectivity index (χ4v) is 3.06. The first kappa shape index (κ1) is 18.4. The Hall–Kier alpha value is -2.38. The lowest BCUT2D eigenvalue weighted by atomic mass is 10.1. The van der Waals surface area contributed by atoms with Gasteiger partial charge in [-0.1, -0.05) is 23.4 Å². The summed E-state index contributed by atoms with van der Waals surface area (Å²) < 4.78 is 10.8. The number of para-hydroxylation sites is 1. The van der Waals surface area contributed by atoms with Gasteiger partial charge in [-0.05, 0) is 32.4 Å². The fourth-order valence-electron chi connectivity index (χ4n) is 3.06. The van der Waals surface area contributed by atoms with Crippen LogP contribution in [0.2, 0.25) is 0 Å². The highest BCUT2D eigenvalue weighted by molar-refractivity contribution is 5.92. The zero-order valence-corrected chi connectivity index (χ0v) is 15.1. The molecule has 0 spiro atoms. The van der Waals surface area contributed by atoms with Crippen molar-refractivity contribution in [3.05, 3.63) is 47.9 Å². The molecule has 1 aliphatic rings. The maximum absolute atomic E-state index is 12.3. The molecule has 2 N–H and O–H groups in total. The number of hydrogen-bond donors (Lipinski definition) is 2. The van der Waals surface area contributed by atoms with E-state index >= 15 is 0 Å². The standard InChI is InChI=1S/C19H25N3O4/c1-19(2,24)13-22-9-8-14(11-22)20-18(23)17-10-16(26-21-17)12-25-15-6-4-3-5-7-15/h3-7,10,14,24H,8-9,11-13H2,1-2H3,(H,20,23)/t14-/m0/s1. The number of amides is 1. The lowest BCUT2D eigenvalue weighted by Crippen LogP contribution is -2.41. The first-order valence-corrected chi connectivity index (χ1v) is 8.78. The molecule has 26 heavy (non-hydrogen) atoms. The van der Waals surface area contributed by atoms with E-state index in [0.29, 0.717) is 12.3 Å². The summed E-state index contributed by atoms with van der Waals surface area (Å²) in [6.45, 7) is 5.94. The maximum atomic E-state index is 12.3. The molecule has 7 nitrogen and oxygen atoms in total. The normalized spacial score (nSPS) is 18.0. The third kappa shape index (κ3) is 5.31. The van der Waals surface area contributed by atoms with Crippen molar-refractivity contribution in [3.8, 4) is 5.75 Å². The Kier molecular flexibility index (Phi) is 5.58. The monoisotopic (exact) mass is 359 g/mol. The lowest BCUT2D eigenvalue weighted by Gasteiger charge is -2.25. The van der Waals surface area contributed by atoms with Gasteiger partial charge in [0.2, 0.25) is 0 Å². The number of nitrogens with zero attached hydrogens (tertiary/aromatic N) is 2. The van der Waals surface area contributed by atoms with Crippen molar-refractivity contribution in [3.63, 3.8) is 0 Å². The van der Waals surface area contributed by atoms with Crippen LogP contribution in [0.1, 0.15) is 36.5 Å². The van der Waals surface area contributed by atoms with E-state index in [9.17, 15) is 9.90 Å². The van der Waals surface area contributed by atoms with E-state index in [0.717, 1.165) is 25.3 Å². The van der Waals surface area contributed by atoms with E-state index in [1.807, 2.05) is 30.3 Å². The summed E-state index contributed by atoms with van der Waals surface area (Å²) in [5, 5.41) is 16.7. The summed E-state index contributed by atoms with van der Waals surface area (Å²) in [6.07, 6.45) is 0.851. The third-order valence-electron chi connectivity index (χ3n) is 4.13. The molecule has 0 unspecified atom stereocenters. The number of likely N-dealkylation sites (tertiary alicyclic amines) is 1. The second kappa shape index (κ2) is 7.88. The quantitative estimate of drug-likeness (QED) is 0.784. The van der Waals surface area contributed by atoms with Crippen molar-refractivity contribution in [2.24, 2.45) is 0 Å². The highest BCUT2D eigenvalue weighted by Gasteiger charge is 2.28. The van der Waals surface area contributed by atoms with E-state index in [1.165, 1.54) is 0 Å². The first-order valence-electron chi connectivity index (χ1n) is 8.78. The molecule has 1 saturated heterocycles. The summed E-state index contributed by atoms with van der Waals surface area (Å²) in [7, 11) is 0. The number of rotatable bonds is 7. The van der Waals surface area contributed by atoms with Crippen molar-refractivity contribution in [1.29, 1.82) is 0 Å². The number of carbonyl (C=O) groups excluding carboxylic acids is 1. The molecule has 3 rings (SSSR count).